The quantitative estimate of drug-likeness (QED) is 0.332. The number of ketones is 1. The first-order valence-electron chi connectivity index (χ1n) is 12.6. The van der Waals surface area contributed by atoms with Gasteiger partial charge in [-0.2, -0.15) is 0 Å². The van der Waals surface area contributed by atoms with E-state index in [1.54, 1.807) is 55.6 Å². The van der Waals surface area contributed by atoms with Crippen molar-refractivity contribution in [3.05, 3.63) is 107 Å². The molecule has 0 bridgehead atoms. The normalized spacial score (nSPS) is 14.5. The predicted octanol–water partition coefficient (Wildman–Crippen LogP) is 4.37. The lowest BCUT2D eigenvalue weighted by Crippen LogP contribution is -2.48. The van der Waals surface area contributed by atoms with Gasteiger partial charge in [0.15, 0.2) is 15.6 Å². The maximum atomic E-state index is 13.2. The van der Waals surface area contributed by atoms with Gasteiger partial charge in [0.25, 0.3) is 5.91 Å². The Kier molecular flexibility index (Phi) is 7.35. The molecule has 0 saturated carbocycles. The maximum Gasteiger partial charge on any atom is 0.253 e. The molecule has 0 spiro atoms. The second-order valence-corrected chi connectivity index (χ2v) is 11.5. The number of fused-ring (bicyclic) bond motifs is 1. The summed E-state index contributed by atoms with van der Waals surface area (Å²) in [5.41, 5.74) is 3.36. The standard InChI is InChI=1S/C30H29N3O4S/c1-22(34)27-9-3-2-6-26(27)20-32-16-18-33(19-17-32)30(35)25-13-11-23(12-14-25)21-38(36,37)28-10-4-7-24-8-5-15-31-29(24)28/h2-15H,16-21H2,1H3. The molecule has 0 aliphatic carbocycles. The first kappa shape index (κ1) is 25.8. The number of benzene rings is 3. The SMILES string of the molecule is CC(=O)c1ccccc1CN1CCN(C(=O)c2ccc(CS(=O)(=O)c3cccc4cccnc34)cc2)CC1. The van der Waals surface area contributed by atoms with E-state index < -0.39 is 9.84 Å². The molecular weight excluding hydrogens is 498 g/mol. The topological polar surface area (TPSA) is 87.7 Å². The lowest BCUT2D eigenvalue weighted by atomic mass is 10.0. The summed E-state index contributed by atoms with van der Waals surface area (Å²) in [6, 6.07) is 23.2. The number of hydrogen-bond acceptors (Lipinski definition) is 6. The number of para-hydroxylation sites is 1. The molecule has 5 rings (SSSR count). The summed E-state index contributed by atoms with van der Waals surface area (Å²) >= 11 is 0. The van der Waals surface area contributed by atoms with Crippen molar-refractivity contribution in [3.8, 4) is 0 Å². The van der Waals surface area contributed by atoms with Crippen LogP contribution in [-0.4, -0.2) is 61.1 Å². The number of carbonyl (C=O) groups excluding carboxylic acids is 2. The zero-order chi connectivity index (χ0) is 26.7. The van der Waals surface area contributed by atoms with E-state index in [2.05, 4.69) is 9.88 Å². The molecule has 0 atom stereocenters. The zero-order valence-corrected chi connectivity index (χ0v) is 22.0. The number of amides is 1. The Balaban J connectivity index is 1.21. The van der Waals surface area contributed by atoms with E-state index in [0.29, 0.717) is 49.4 Å². The zero-order valence-electron chi connectivity index (χ0n) is 21.2. The molecule has 1 fully saturated rings. The van der Waals surface area contributed by atoms with Crippen LogP contribution in [0.25, 0.3) is 10.9 Å². The molecule has 0 N–H and O–H groups in total. The minimum Gasteiger partial charge on any atom is -0.336 e. The number of piperazine rings is 1. The summed E-state index contributed by atoms with van der Waals surface area (Å²) < 4.78 is 26.3. The number of aromatic nitrogens is 1. The third-order valence-corrected chi connectivity index (χ3v) is 8.65. The van der Waals surface area contributed by atoms with Crippen LogP contribution >= 0.6 is 0 Å². The molecule has 1 aliphatic heterocycles. The molecule has 1 amide bonds. The number of carbonyl (C=O) groups is 2. The van der Waals surface area contributed by atoms with Crippen molar-refractivity contribution in [1.82, 2.24) is 14.8 Å². The van der Waals surface area contributed by atoms with Crippen molar-refractivity contribution in [1.29, 1.82) is 0 Å². The number of sulfone groups is 1. The molecule has 38 heavy (non-hydrogen) atoms. The molecule has 7 nitrogen and oxygen atoms in total. The Labute approximate surface area is 222 Å². The fourth-order valence-corrected chi connectivity index (χ4v) is 6.44. The third-order valence-electron chi connectivity index (χ3n) is 6.94. The van der Waals surface area contributed by atoms with Gasteiger partial charge < -0.3 is 4.90 Å². The van der Waals surface area contributed by atoms with E-state index in [1.165, 1.54) is 0 Å². The van der Waals surface area contributed by atoms with Crippen LogP contribution in [0, 0.1) is 0 Å². The van der Waals surface area contributed by atoms with E-state index in [1.807, 2.05) is 41.3 Å². The highest BCUT2D eigenvalue weighted by molar-refractivity contribution is 7.90. The second kappa shape index (κ2) is 10.8. The van der Waals surface area contributed by atoms with Crippen molar-refractivity contribution in [2.24, 2.45) is 0 Å². The molecule has 3 aromatic carbocycles. The second-order valence-electron chi connectivity index (χ2n) is 9.57. The predicted molar refractivity (Wildman–Crippen MR) is 147 cm³/mol. The van der Waals surface area contributed by atoms with Crippen molar-refractivity contribution in [3.63, 3.8) is 0 Å². The molecule has 1 aromatic heterocycles. The van der Waals surface area contributed by atoms with Crippen LogP contribution in [-0.2, 0) is 22.1 Å². The number of pyridine rings is 1. The largest absolute Gasteiger partial charge is 0.336 e. The van der Waals surface area contributed by atoms with Gasteiger partial charge in [-0.1, -0.05) is 54.6 Å². The Hall–Kier alpha value is -3.88. The number of nitrogens with zero attached hydrogens (tertiary/aromatic N) is 3. The number of rotatable bonds is 7. The van der Waals surface area contributed by atoms with Crippen LogP contribution in [0.4, 0.5) is 0 Å². The minimum absolute atomic E-state index is 0.0550. The van der Waals surface area contributed by atoms with Gasteiger partial charge in [0.2, 0.25) is 0 Å². The lowest BCUT2D eigenvalue weighted by Gasteiger charge is -2.35. The van der Waals surface area contributed by atoms with Gasteiger partial charge in [0.05, 0.1) is 16.2 Å². The van der Waals surface area contributed by atoms with Gasteiger partial charge in [-0.3, -0.25) is 19.5 Å². The molecule has 0 radical (unpaired) electrons. The van der Waals surface area contributed by atoms with E-state index >= 15 is 0 Å². The summed E-state index contributed by atoms with van der Waals surface area (Å²) in [5.74, 6) is -0.182. The molecule has 1 saturated heterocycles. The highest BCUT2D eigenvalue weighted by atomic mass is 32.2. The lowest BCUT2D eigenvalue weighted by molar-refractivity contribution is 0.0628. The summed E-state index contributed by atoms with van der Waals surface area (Å²) in [5, 5.41) is 0.776. The highest BCUT2D eigenvalue weighted by Gasteiger charge is 2.24. The monoisotopic (exact) mass is 527 g/mol. The van der Waals surface area contributed by atoms with E-state index in [-0.39, 0.29) is 22.3 Å². The number of Topliss-reactive ketones (excluding diaryl/α,β-unsaturated/α-hetero) is 1. The maximum absolute atomic E-state index is 13.2. The van der Waals surface area contributed by atoms with Crippen LogP contribution < -0.4 is 0 Å². The van der Waals surface area contributed by atoms with Gasteiger partial charge in [-0.25, -0.2) is 8.42 Å². The van der Waals surface area contributed by atoms with Crippen molar-refractivity contribution < 1.29 is 18.0 Å². The van der Waals surface area contributed by atoms with Crippen molar-refractivity contribution in [2.75, 3.05) is 26.2 Å². The Morgan fingerprint density at radius 2 is 1.55 bits per heavy atom. The summed E-state index contributed by atoms with van der Waals surface area (Å²) in [4.78, 5) is 33.6. The van der Waals surface area contributed by atoms with Gasteiger partial charge in [-0.05, 0) is 42.3 Å². The summed E-state index contributed by atoms with van der Waals surface area (Å²) in [6.45, 7) is 4.86. The Morgan fingerprint density at radius 3 is 2.29 bits per heavy atom. The van der Waals surface area contributed by atoms with Crippen LogP contribution in [0.3, 0.4) is 0 Å². The van der Waals surface area contributed by atoms with Crippen LogP contribution in [0.5, 0.6) is 0 Å². The Bertz CT molecular complexity index is 1590. The highest BCUT2D eigenvalue weighted by Crippen LogP contribution is 2.24. The van der Waals surface area contributed by atoms with Gasteiger partial charge >= 0.3 is 0 Å². The third kappa shape index (κ3) is 5.51. The average Bonchev–Trinajstić information content (AvgIpc) is 2.93. The molecule has 0 unspecified atom stereocenters. The average molecular weight is 528 g/mol. The fraction of sp³-hybridized carbons (Fsp3) is 0.233. The fourth-order valence-electron chi connectivity index (χ4n) is 4.90. The summed E-state index contributed by atoms with van der Waals surface area (Å²) in [7, 11) is -3.62. The van der Waals surface area contributed by atoms with Crippen LogP contribution in [0.1, 0.15) is 38.8 Å². The first-order chi connectivity index (χ1) is 18.3. The molecule has 1 aliphatic rings. The van der Waals surface area contributed by atoms with E-state index in [0.717, 1.165) is 16.5 Å². The Morgan fingerprint density at radius 1 is 0.842 bits per heavy atom. The molecule has 2 heterocycles. The molecule has 8 heteroatoms. The smallest absolute Gasteiger partial charge is 0.253 e. The molecular formula is C30H29N3O4S. The number of hydrogen-bond donors (Lipinski definition) is 0. The van der Waals surface area contributed by atoms with Crippen molar-refractivity contribution >= 4 is 32.4 Å². The van der Waals surface area contributed by atoms with Gasteiger partial charge in [0, 0.05) is 55.4 Å². The molecule has 194 valence electrons. The van der Waals surface area contributed by atoms with Gasteiger partial charge in [-0.15, -0.1) is 0 Å². The van der Waals surface area contributed by atoms with Gasteiger partial charge in [0.1, 0.15) is 0 Å². The molecule has 4 aromatic rings. The first-order valence-corrected chi connectivity index (χ1v) is 14.2. The van der Waals surface area contributed by atoms with E-state index in [4.69, 9.17) is 0 Å². The minimum atomic E-state index is -3.62. The van der Waals surface area contributed by atoms with Crippen LogP contribution in [0.2, 0.25) is 0 Å². The van der Waals surface area contributed by atoms with E-state index in [9.17, 15) is 18.0 Å². The summed E-state index contributed by atoms with van der Waals surface area (Å²) in [6.07, 6.45) is 1.59. The van der Waals surface area contributed by atoms with Crippen molar-refractivity contribution in [2.45, 2.75) is 24.1 Å². The van der Waals surface area contributed by atoms with Crippen LogP contribution in [0.15, 0.2) is 90.0 Å².